The van der Waals surface area contributed by atoms with Crippen molar-refractivity contribution in [1.82, 2.24) is 0 Å². The highest BCUT2D eigenvalue weighted by Gasteiger charge is 2.56. The van der Waals surface area contributed by atoms with Crippen molar-refractivity contribution in [2.24, 2.45) is 11.3 Å². The van der Waals surface area contributed by atoms with Gasteiger partial charge in [0.1, 0.15) is 5.82 Å². The number of rotatable bonds is 1. The van der Waals surface area contributed by atoms with E-state index in [0.29, 0.717) is 11.6 Å². The lowest BCUT2D eigenvalue weighted by Gasteiger charge is -2.60. The van der Waals surface area contributed by atoms with Gasteiger partial charge in [0.2, 0.25) is 0 Å². The van der Waals surface area contributed by atoms with Gasteiger partial charge in [0.25, 0.3) is 0 Å². The molecule has 0 radical (unpaired) electrons. The fraction of sp³-hybridized carbons (Fsp3) is 0.571. The summed E-state index contributed by atoms with van der Waals surface area (Å²) in [6.45, 7) is 8.89. The molecule has 1 aromatic rings. The second-order valence-corrected chi connectivity index (χ2v) is 5.92. The lowest BCUT2D eigenvalue weighted by Crippen LogP contribution is -2.55. The van der Waals surface area contributed by atoms with Gasteiger partial charge in [-0.3, -0.25) is 0 Å². The van der Waals surface area contributed by atoms with E-state index in [1.165, 1.54) is 12.5 Å². The van der Waals surface area contributed by atoms with Crippen molar-refractivity contribution in [3.63, 3.8) is 0 Å². The van der Waals surface area contributed by atoms with E-state index in [0.717, 1.165) is 5.56 Å². The lowest BCUT2D eigenvalue weighted by atomic mass is 9.44. The van der Waals surface area contributed by atoms with E-state index in [-0.39, 0.29) is 16.6 Å². The molecule has 2 N–H and O–H groups in total. The van der Waals surface area contributed by atoms with Gasteiger partial charge in [-0.25, -0.2) is 4.39 Å². The van der Waals surface area contributed by atoms with E-state index in [4.69, 9.17) is 5.73 Å². The first-order chi connectivity index (χ1) is 7.29. The summed E-state index contributed by atoms with van der Waals surface area (Å²) >= 11 is 0. The molecule has 0 aromatic heterocycles. The third-order valence-electron chi connectivity index (χ3n) is 4.78. The smallest absolute Gasteiger partial charge is 0.123 e. The molecule has 0 heterocycles. The molecule has 0 unspecified atom stereocenters. The van der Waals surface area contributed by atoms with Gasteiger partial charge < -0.3 is 5.73 Å². The van der Waals surface area contributed by atoms with E-state index in [1.807, 2.05) is 0 Å². The van der Waals surface area contributed by atoms with E-state index < -0.39 is 0 Å². The third-order valence-corrected chi connectivity index (χ3v) is 4.78. The van der Waals surface area contributed by atoms with Gasteiger partial charge in [-0.2, -0.15) is 0 Å². The number of benzene rings is 1. The van der Waals surface area contributed by atoms with E-state index in [1.54, 1.807) is 12.1 Å². The van der Waals surface area contributed by atoms with Crippen molar-refractivity contribution < 1.29 is 4.39 Å². The molecular weight excluding hydrogens is 201 g/mol. The van der Waals surface area contributed by atoms with Gasteiger partial charge in [0, 0.05) is 11.1 Å². The standard InChI is InChI=1S/C14H20FN/c1-9-8-13(2,3)14(9,4)11-7-10(15)5-6-12(11)16/h5-7,9H,8,16H2,1-4H3/t9-,14-/m1/s1. The largest absolute Gasteiger partial charge is 0.398 e. The average Bonchev–Trinajstić information content (AvgIpc) is 2.20. The highest BCUT2D eigenvalue weighted by Crippen LogP contribution is 2.62. The van der Waals surface area contributed by atoms with Crippen LogP contribution in [0.4, 0.5) is 10.1 Å². The molecule has 2 rings (SSSR count). The molecule has 88 valence electrons. The Morgan fingerprint density at radius 1 is 1.31 bits per heavy atom. The summed E-state index contributed by atoms with van der Waals surface area (Å²) in [7, 11) is 0. The second-order valence-electron chi connectivity index (χ2n) is 5.92. The van der Waals surface area contributed by atoms with Crippen molar-refractivity contribution in [2.75, 3.05) is 5.73 Å². The number of anilines is 1. The van der Waals surface area contributed by atoms with Crippen molar-refractivity contribution >= 4 is 5.69 Å². The van der Waals surface area contributed by atoms with Gasteiger partial charge in [0.15, 0.2) is 0 Å². The van der Waals surface area contributed by atoms with Crippen molar-refractivity contribution in [1.29, 1.82) is 0 Å². The highest BCUT2D eigenvalue weighted by atomic mass is 19.1. The fourth-order valence-corrected chi connectivity index (χ4v) is 3.33. The number of halogens is 1. The first-order valence-corrected chi connectivity index (χ1v) is 5.84. The Bertz CT molecular complexity index is 425. The number of hydrogen-bond acceptors (Lipinski definition) is 1. The molecule has 1 nitrogen and oxygen atoms in total. The predicted octanol–water partition coefficient (Wildman–Crippen LogP) is 3.73. The first kappa shape index (κ1) is 11.4. The van der Waals surface area contributed by atoms with Crippen LogP contribution in [0.15, 0.2) is 18.2 Å². The van der Waals surface area contributed by atoms with Gasteiger partial charge in [-0.15, -0.1) is 0 Å². The average molecular weight is 221 g/mol. The van der Waals surface area contributed by atoms with Crippen LogP contribution < -0.4 is 5.73 Å². The molecule has 1 aliphatic carbocycles. The zero-order valence-corrected chi connectivity index (χ0v) is 10.5. The lowest BCUT2D eigenvalue weighted by molar-refractivity contribution is -0.0270. The van der Waals surface area contributed by atoms with Gasteiger partial charge in [0.05, 0.1) is 0 Å². The molecule has 0 spiro atoms. The SMILES string of the molecule is C[C@@H]1CC(C)(C)[C@@]1(C)c1cc(F)ccc1N. The van der Waals surface area contributed by atoms with E-state index in [2.05, 4.69) is 27.7 Å². The normalized spacial score (nSPS) is 32.2. The summed E-state index contributed by atoms with van der Waals surface area (Å²) in [5, 5.41) is 0. The summed E-state index contributed by atoms with van der Waals surface area (Å²) in [6.07, 6.45) is 1.17. The first-order valence-electron chi connectivity index (χ1n) is 5.84. The van der Waals surface area contributed by atoms with Crippen LogP contribution in [0.1, 0.15) is 39.7 Å². The van der Waals surface area contributed by atoms with E-state index in [9.17, 15) is 4.39 Å². The zero-order valence-electron chi connectivity index (χ0n) is 10.5. The molecule has 0 aliphatic heterocycles. The summed E-state index contributed by atoms with van der Waals surface area (Å²) in [4.78, 5) is 0. The minimum absolute atomic E-state index is 0.0147. The molecule has 1 saturated carbocycles. The van der Waals surface area contributed by atoms with E-state index >= 15 is 0 Å². The van der Waals surface area contributed by atoms with Crippen LogP contribution in [0.2, 0.25) is 0 Å². The Labute approximate surface area is 96.9 Å². The maximum absolute atomic E-state index is 13.4. The second kappa shape index (κ2) is 3.22. The number of nitrogen functional groups attached to an aromatic ring is 1. The van der Waals surface area contributed by atoms with Crippen molar-refractivity contribution in [2.45, 2.75) is 39.5 Å². The molecule has 1 aromatic carbocycles. The maximum Gasteiger partial charge on any atom is 0.123 e. The molecule has 16 heavy (non-hydrogen) atoms. The topological polar surface area (TPSA) is 26.0 Å². The summed E-state index contributed by atoms with van der Waals surface area (Å²) in [5.74, 6) is 0.354. The Kier molecular flexibility index (Phi) is 2.30. The minimum atomic E-state index is -0.194. The summed E-state index contributed by atoms with van der Waals surface area (Å²) in [6, 6.07) is 4.71. The van der Waals surface area contributed by atoms with Crippen LogP contribution in [0.25, 0.3) is 0 Å². The Morgan fingerprint density at radius 3 is 2.44 bits per heavy atom. The predicted molar refractivity (Wildman–Crippen MR) is 65.7 cm³/mol. The third kappa shape index (κ3) is 1.28. The molecule has 2 heteroatoms. The summed E-state index contributed by atoms with van der Waals surface area (Å²) in [5.41, 5.74) is 7.86. The van der Waals surface area contributed by atoms with Crippen molar-refractivity contribution in [3.8, 4) is 0 Å². The monoisotopic (exact) mass is 221 g/mol. The van der Waals surface area contributed by atoms with Crippen LogP contribution >= 0.6 is 0 Å². The van der Waals surface area contributed by atoms with Crippen LogP contribution in [-0.2, 0) is 5.41 Å². The Hall–Kier alpha value is -1.05. The molecular formula is C14H20FN. The van der Waals surface area contributed by atoms with Crippen molar-refractivity contribution in [3.05, 3.63) is 29.6 Å². The molecule has 0 bridgehead atoms. The molecule has 1 aliphatic rings. The molecule has 0 amide bonds. The quantitative estimate of drug-likeness (QED) is 0.718. The summed E-state index contributed by atoms with van der Waals surface area (Å²) < 4.78 is 13.4. The van der Waals surface area contributed by atoms with Crippen LogP contribution in [0.5, 0.6) is 0 Å². The fourth-order valence-electron chi connectivity index (χ4n) is 3.33. The van der Waals surface area contributed by atoms with Crippen LogP contribution in [0.3, 0.4) is 0 Å². The highest BCUT2D eigenvalue weighted by molar-refractivity contribution is 5.53. The molecule has 0 saturated heterocycles. The number of hydrogen-bond donors (Lipinski definition) is 1. The number of nitrogens with two attached hydrogens (primary N) is 1. The van der Waals surface area contributed by atoms with Gasteiger partial charge >= 0.3 is 0 Å². The molecule has 1 fully saturated rings. The maximum atomic E-state index is 13.4. The van der Waals surface area contributed by atoms with Crippen LogP contribution in [0, 0.1) is 17.2 Å². The van der Waals surface area contributed by atoms with Crippen LogP contribution in [-0.4, -0.2) is 0 Å². The molecule has 2 atom stereocenters. The van der Waals surface area contributed by atoms with Gasteiger partial charge in [-0.1, -0.05) is 27.7 Å². The minimum Gasteiger partial charge on any atom is -0.398 e. The van der Waals surface area contributed by atoms with Gasteiger partial charge in [-0.05, 0) is 41.5 Å². The Balaban J connectivity index is 2.55. The zero-order chi connectivity index (χ0) is 12.1. The Morgan fingerprint density at radius 2 is 1.94 bits per heavy atom.